The Balaban J connectivity index is 1.79. The monoisotopic (exact) mass is 267 g/mol. The Morgan fingerprint density at radius 1 is 1.44 bits per heavy atom. The summed E-state index contributed by atoms with van der Waals surface area (Å²) >= 11 is 1.80. The van der Waals surface area contributed by atoms with Gasteiger partial charge in [-0.25, -0.2) is 4.98 Å². The number of piperidine rings is 1. The molecule has 2 rings (SSSR count). The molecule has 1 fully saturated rings. The maximum atomic E-state index is 4.71. The molecule has 1 aromatic heterocycles. The highest BCUT2D eigenvalue weighted by molar-refractivity contribution is 7.09. The molecule has 1 saturated heterocycles. The van der Waals surface area contributed by atoms with E-state index >= 15 is 0 Å². The van der Waals surface area contributed by atoms with E-state index in [0.29, 0.717) is 6.04 Å². The standard InChI is InChI=1S/C14H25N3S/c1-11(2)15-8-13-10-18-14(16-13)9-17-6-4-12(3)5-7-17/h10-12,15H,4-9H2,1-3H3. The molecule has 0 saturated carbocycles. The molecule has 0 spiro atoms. The highest BCUT2D eigenvalue weighted by Crippen LogP contribution is 2.19. The lowest BCUT2D eigenvalue weighted by Gasteiger charge is -2.29. The average molecular weight is 267 g/mol. The van der Waals surface area contributed by atoms with Gasteiger partial charge in [0.1, 0.15) is 5.01 Å². The minimum Gasteiger partial charge on any atom is -0.309 e. The third-order valence-corrected chi connectivity index (χ3v) is 4.41. The molecule has 3 nitrogen and oxygen atoms in total. The summed E-state index contributed by atoms with van der Waals surface area (Å²) < 4.78 is 0. The molecule has 1 aromatic rings. The van der Waals surface area contributed by atoms with Crippen LogP contribution in [0.2, 0.25) is 0 Å². The number of likely N-dealkylation sites (tertiary alicyclic amines) is 1. The number of thiazole rings is 1. The van der Waals surface area contributed by atoms with Crippen LogP contribution < -0.4 is 5.32 Å². The first-order chi connectivity index (χ1) is 8.63. The molecule has 1 aliphatic rings. The van der Waals surface area contributed by atoms with Crippen LogP contribution in [0.3, 0.4) is 0 Å². The molecule has 0 aromatic carbocycles. The van der Waals surface area contributed by atoms with Gasteiger partial charge in [0.2, 0.25) is 0 Å². The van der Waals surface area contributed by atoms with Crippen molar-refractivity contribution in [3.63, 3.8) is 0 Å². The van der Waals surface area contributed by atoms with Crippen molar-refractivity contribution in [1.82, 2.24) is 15.2 Å². The summed E-state index contributed by atoms with van der Waals surface area (Å²) in [5.41, 5.74) is 1.19. The Hall–Kier alpha value is -0.450. The normalized spacial score (nSPS) is 18.7. The van der Waals surface area contributed by atoms with E-state index in [-0.39, 0.29) is 0 Å². The Labute approximate surface area is 115 Å². The number of nitrogens with one attached hydrogen (secondary N) is 1. The third-order valence-electron chi connectivity index (χ3n) is 3.53. The minimum atomic E-state index is 0.527. The molecule has 0 atom stereocenters. The molecule has 0 bridgehead atoms. The fourth-order valence-corrected chi connectivity index (χ4v) is 3.06. The third kappa shape index (κ3) is 4.34. The summed E-state index contributed by atoms with van der Waals surface area (Å²) in [7, 11) is 0. The van der Waals surface area contributed by atoms with Crippen molar-refractivity contribution in [2.24, 2.45) is 5.92 Å². The van der Waals surface area contributed by atoms with E-state index in [1.54, 1.807) is 11.3 Å². The number of hydrogen-bond acceptors (Lipinski definition) is 4. The van der Waals surface area contributed by atoms with E-state index in [9.17, 15) is 0 Å². The van der Waals surface area contributed by atoms with Crippen molar-refractivity contribution in [3.8, 4) is 0 Å². The van der Waals surface area contributed by atoms with Crippen molar-refractivity contribution in [2.45, 2.75) is 52.7 Å². The maximum Gasteiger partial charge on any atom is 0.107 e. The second-order valence-electron chi connectivity index (χ2n) is 5.73. The lowest BCUT2D eigenvalue weighted by atomic mass is 9.99. The van der Waals surface area contributed by atoms with Crippen LogP contribution in [-0.2, 0) is 13.1 Å². The van der Waals surface area contributed by atoms with Crippen LogP contribution in [-0.4, -0.2) is 29.0 Å². The zero-order valence-electron chi connectivity index (χ0n) is 11.8. The molecular weight excluding hydrogens is 242 g/mol. The second-order valence-corrected chi connectivity index (χ2v) is 6.67. The highest BCUT2D eigenvalue weighted by atomic mass is 32.1. The lowest BCUT2D eigenvalue weighted by molar-refractivity contribution is 0.185. The van der Waals surface area contributed by atoms with Crippen LogP contribution in [0.25, 0.3) is 0 Å². The molecule has 4 heteroatoms. The Morgan fingerprint density at radius 2 is 2.17 bits per heavy atom. The van der Waals surface area contributed by atoms with Gasteiger partial charge in [-0.1, -0.05) is 20.8 Å². The Morgan fingerprint density at radius 3 is 2.83 bits per heavy atom. The summed E-state index contributed by atoms with van der Waals surface area (Å²) in [6.45, 7) is 11.1. The number of rotatable bonds is 5. The first-order valence-corrected chi connectivity index (χ1v) is 7.90. The van der Waals surface area contributed by atoms with Crippen LogP contribution in [0.15, 0.2) is 5.38 Å². The summed E-state index contributed by atoms with van der Waals surface area (Å²) in [6.07, 6.45) is 2.68. The zero-order valence-corrected chi connectivity index (χ0v) is 12.6. The van der Waals surface area contributed by atoms with E-state index in [0.717, 1.165) is 19.0 Å². The van der Waals surface area contributed by atoms with Crippen molar-refractivity contribution in [2.75, 3.05) is 13.1 Å². The van der Waals surface area contributed by atoms with E-state index in [1.165, 1.54) is 36.6 Å². The van der Waals surface area contributed by atoms with E-state index < -0.39 is 0 Å². The van der Waals surface area contributed by atoms with Gasteiger partial charge in [0.05, 0.1) is 12.2 Å². The molecular formula is C14H25N3S. The molecule has 0 amide bonds. The minimum absolute atomic E-state index is 0.527. The van der Waals surface area contributed by atoms with Crippen molar-refractivity contribution >= 4 is 11.3 Å². The number of nitrogens with zero attached hydrogens (tertiary/aromatic N) is 2. The van der Waals surface area contributed by atoms with Gasteiger partial charge < -0.3 is 5.32 Å². The summed E-state index contributed by atoms with van der Waals surface area (Å²) in [4.78, 5) is 7.25. The van der Waals surface area contributed by atoms with E-state index in [2.05, 4.69) is 36.4 Å². The molecule has 0 radical (unpaired) electrons. The first-order valence-electron chi connectivity index (χ1n) is 7.02. The van der Waals surface area contributed by atoms with Gasteiger partial charge in [-0.2, -0.15) is 0 Å². The lowest BCUT2D eigenvalue weighted by Crippen LogP contribution is -2.32. The Kier molecular flexibility index (Phi) is 5.15. The van der Waals surface area contributed by atoms with Crippen LogP contribution >= 0.6 is 11.3 Å². The van der Waals surface area contributed by atoms with Crippen LogP contribution in [0.4, 0.5) is 0 Å². The van der Waals surface area contributed by atoms with Crippen molar-refractivity contribution in [1.29, 1.82) is 0 Å². The smallest absolute Gasteiger partial charge is 0.107 e. The predicted octanol–water partition coefficient (Wildman–Crippen LogP) is 2.87. The second kappa shape index (κ2) is 6.64. The molecule has 2 heterocycles. The molecule has 0 unspecified atom stereocenters. The largest absolute Gasteiger partial charge is 0.309 e. The first kappa shape index (κ1) is 14.0. The van der Waals surface area contributed by atoms with Crippen molar-refractivity contribution < 1.29 is 0 Å². The van der Waals surface area contributed by atoms with Crippen LogP contribution in [0.1, 0.15) is 44.3 Å². The molecule has 102 valence electrons. The summed E-state index contributed by atoms with van der Waals surface area (Å²) in [6, 6.07) is 0.527. The number of aromatic nitrogens is 1. The zero-order chi connectivity index (χ0) is 13.0. The highest BCUT2D eigenvalue weighted by Gasteiger charge is 2.16. The molecule has 1 N–H and O–H groups in total. The van der Waals surface area contributed by atoms with Crippen LogP contribution in [0, 0.1) is 5.92 Å². The molecule has 1 aliphatic heterocycles. The van der Waals surface area contributed by atoms with Gasteiger partial charge >= 0.3 is 0 Å². The van der Waals surface area contributed by atoms with Crippen molar-refractivity contribution in [3.05, 3.63) is 16.1 Å². The fourth-order valence-electron chi connectivity index (χ4n) is 2.22. The number of hydrogen-bond donors (Lipinski definition) is 1. The van der Waals surface area contributed by atoms with Gasteiger partial charge in [0.25, 0.3) is 0 Å². The fraction of sp³-hybridized carbons (Fsp3) is 0.786. The van der Waals surface area contributed by atoms with Gasteiger partial charge in [-0.15, -0.1) is 11.3 Å². The molecule has 18 heavy (non-hydrogen) atoms. The van der Waals surface area contributed by atoms with Gasteiger partial charge in [-0.05, 0) is 31.8 Å². The maximum absolute atomic E-state index is 4.71. The Bertz CT molecular complexity index is 354. The summed E-state index contributed by atoms with van der Waals surface area (Å²) in [5, 5.41) is 6.88. The average Bonchev–Trinajstić information content (AvgIpc) is 2.77. The summed E-state index contributed by atoms with van der Waals surface area (Å²) in [5.74, 6) is 0.906. The molecule has 0 aliphatic carbocycles. The SMILES string of the molecule is CC1CCN(Cc2nc(CNC(C)C)cs2)CC1. The van der Waals surface area contributed by atoms with Gasteiger partial charge in [0.15, 0.2) is 0 Å². The van der Waals surface area contributed by atoms with Gasteiger partial charge in [0, 0.05) is 18.0 Å². The predicted molar refractivity (Wildman–Crippen MR) is 77.8 cm³/mol. The van der Waals surface area contributed by atoms with E-state index in [1.807, 2.05) is 0 Å². The van der Waals surface area contributed by atoms with E-state index in [4.69, 9.17) is 4.98 Å². The van der Waals surface area contributed by atoms with Gasteiger partial charge in [-0.3, -0.25) is 4.90 Å². The quantitative estimate of drug-likeness (QED) is 0.889. The topological polar surface area (TPSA) is 28.2 Å². The van der Waals surface area contributed by atoms with Crippen LogP contribution in [0.5, 0.6) is 0 Å².